The summed E-state index contributed by atoms with van der Waals surface area (Å²) in [5.41, 5.74) is 0.722. The van der Waals surface area contributed by atoms with Gasteiger partial charge in [0, 0.05) is 41.5 Å². The van der Waals surface area contributed by atoms with Crippen LogP contribution < -0.4 is 5.32 Å². The van der Waals surface area contributed by atoms with E-state index < -0.39 is 15.6 Å². The third-order valence-corrected chi connectivity index (χ3v) is 9.26. The van der Waals surface area contributed by atoms with Crippen LogP contribution in [-0.2, 0) is 30.9 Å². The molecule has 3 aliphatic rings. The van der Waals surface area contributed by atoms with E-state index in [4.69, 9.17) is 9.73 Å². The van der Waals surface area contributed by atoms with Crippen LogP contribution in [0.3, 0.4) is 0 Å². The monoisotopic (exact) mass is 512 g/mol. The van der Waals surface area contributed by atoms with Gasteiger partial charge in [0.25, 0.3) is 5.91 Å². The van der Waals surface area contributed by atoms with Gasteiger partial charge >= 0.3 is 5.97 Å². The van der Waals surface area contributed by atoms with Gasteiger partial charge in [0.1, 0.15) is 17.9 Å². The number of hydrogen-bond donors (Lipinski definition) is 1. The number of aromatic nitrogens is 1. The number of carbonyl (C=O) groups excluding carboxylic acids is 2. The number of esters is 1. The molecule has 1 N–H and O–H groups in total. The van der Waals surface area contributed by atoms with E-state index in [0.29, 0.717) is 18.8 Å². The zero-order chi connectivity index (χ0) is 25.3. The number of hydrogen-bond acceptors (Lipinski definition) is 6. The first-order valence-electron chi connectivity index (χ1n) is 12.6. The standard InChI is InChI=1S/C26H32N4O5S/c1-35-23(31)18-29-14-10-21-19(8-5-9-22(21)29)11-17-36(33,34)30-15-12-26(13-16-30)25(32)27-24(28-26)20-6-3-2-4-7-20/h5,8-11,14,17,20H,2-4,6-7,12-13,15-16,18H2,1H3,(H,27,28,32). The van der Waals surface area contributed by atoms with Gasteiger partial charge in [0.2, 0.25) is 10.0 Å². The maximum atomic E-state index is 13.1. The molecule has 9 nitrogen and oxygen atoms in total. The predicted molar refractivity (Wildman–Crippen MR) is 138 cm³/mol. The van der Waals surface area contributed by atoms with Gasteiger partial charge < -0.3 is 14.6 Å². The molecule has 10 heteroatoms. The number of nitrogens with one attached hydrogen (secondary N) is 1. The molecule has 2 aliphatic heterocycles. The Kier molecular flexibility index (Phi) is 6.74. The molecule has 2 fully saturated rings. The fraction of sp³-hybridized carbons (Fsp3) is 0.500. The number of aliphatic imine (C=N–C) groups is 1. The minimum Gasteiger partial charge on any atom is -0.468 e. The summed E-state index contributed by atoms with van der Waals surface area (Å²) < 4.78 is 34.2. The van der Waals surface area contributed by atoms with E-state index in [9.17, 15) is 18.0 Å². The maximum Gasteiger partial charge on any atom is 0.325 e. The first-order valence-corrected chi connectivity index (χ1v) is 14.1. The number of ether oxygens (including phenoxy) is 1. The van der Waals surface area contributed by atoms with Crippen molar-refractivity contribution in [2.24, 2.45) is 10.9 Å². The zero-order valence-corrected chi connectivity index (χ0v) is 21.3. The number of piperidine rings is 1. The van der Waals surface area contributed by atoms with E-state index in [0.717, 1.165) is 48.0 Å². The van der Waals surface area contributed by atoms with E-state index in [1.54, 1.807) is 16.8 Å². The molecule has 0 unspecified atom stereocenters. The van der Waals surface area contributed by atoms with Crippen molar-refractivity contribution in [2.45, 2.75) is 57.0 Å². The highest BCUT2D eigenvalue weighted by Crippen LogP contribution is 2.35. The number of amides is 1. The van der Waals surface area contributed by atoms with Crippen molar-refractivity contribution in [3.63, 3.8) is 0 Å². The van der Waals surface area contributed by atoms with Crippen LogP contribution in [-0.4, -0.2) is 60.7 Å². The number of nitrogens with zero attached hydrogens (tertiary/aromatic N) is 3. The second-order valence-electron chi connectivity index (χ2n) is 9.86. The summed E-state index contributed by atoms with van der Waals surface area (Å²) in [5.74, 6) is 0.684. The van der Waals surface area contributed by atoms with Gasteiger partial charge in [0.15, 0.2) is 0 Å². The molecule has 1 aliphatic carbocycles. The number of sulfonamides is 1. The van der Waals surface area contributed by atoms with Crippen LogP contribution in [0.25, 0.3) is 17.0 Å². The largest absolute Gasteiger partial charge is 0.468 e. The van der Waals surface area contributed by atoms with Crippen molar-refractivity contribution in [3.05, 3.63) is 41.4 Å². The summed E-state index contributed by atoms with van der Waals surface area (Å²) in [7, 11) is -2.33. The predicted octanol–water partition coefficient (Wildman–Crippen LogP) is 3.06. The van der Waals surface area contributed by atoms with E-state index in [1.165, 1.54) is 23.2 Å². The molecule has 1 saturated heterocycles. The molecule has 1 saturated carbocycles. The molecule has 0 bridgehead atoms. The Bertz CT molecular complexity index is 1330. The normalized spacial score (nSPS) is 21.2. The third kappa shape index (κ3) is 4.71. The number of rotatable bonds is 6. The second kappa shape index (κ2) is 9.82. The number of fused-ring (bicyclic) bond motifs is 1. The topological polar surface area (TPSA) is 110 Å². The molecular formula is C26H32N4O5S. The van der Waals surface area contributed by atoms with Crippen LogP contribution in [0.4, 0.5) is 0 Å². The Morgan fingerprint density at radius 2 is 1.94 bits per heavy atom. The van der Waals surface area contributed by atoms with Gasteiger partial charge in [-0.1, -0.05) is 31.4 Å². The molecule has 2 aromatic rings. The fourth-order valence-corrected chi connectivity index (χ4v) is 6.72. The lowest BCUT2D eigenvalue weighted by molar-refractivity contribution is -0.141. The van der Waals surface area contributed by atoms with Crippen LogP contribution in [0.5, 0.6) is 0 Å². The summed E-state index contributed by atoms with van der Waals surface area (Å²) in [4.78, 5) is 29.4. The molecule has 3 heterocycles. The first kappa shape index (κ1) is 24.7. The van der Waals surface area contributed by atoms with Crippen molar-refractivity contribution < 1.29 is 22.7 Å². The van der Waals surface area contributed by atoms with Gasteiger partial charge in [-0.25, -0.2) is 8.42 Å². The van der Waals surface area contributed by atoms with Crippen molar-refractivity contribution in [2.75, 3.05) is 20.2 Å². The van der Waals surface area contributed by atoms with E-state index in [-0.39, 0.29) is 31.5 Å². The van der Waals surface area contributed by atoms with Crippen LogP contribution in [0.1, 0.15) is 50.5 Å². The zero-order valence-electron chi connectivity index (χ0n) is 20.5. The number of amidine groups is 1. The minimum atomic E-state index is -3.67. The summed E-state index contributed by atoms with van der Waals surface area (Å²) in [5, 5.41) is 5.09. The van der Waals surface area contributed by atoms with Crippen LogP contribution in [0.2, 0.25) is 0 Å². The summed E-state index contributed by atoms with van der Waals surface area (Å²) in [6.45, 7) is 0.585. The maximum absolute atomic E-state index is 13.1. The van der Waals surface area contributed by atoms with Crippen LogP contribution in [0, 0.1) is 5.92 Å². The molecule has 0 atom stereocenters. The molecule has 1 spiro atoms. The van der Waals surface area contributed by atoms with Crippen molar-refractivity contribution in [3.8, 4) is 0 Å². The number of methoxy groups -OCH3 is 1. The molecule has 0 radical (unpaired) electrons. The van der Waals surface area contributed by atoms with Crippen molar-refractivity contribution >= 4 is 44.7 Å². The fourth-order valence-electron chi connectivity index (χ4n) is 5.54. The Morgan fingerprint density at radius 3 is 2.67 bits per heavy atom. The van der Waals surface area contributed by atoms with Crippen LogP contribution in [0.15, 0.2) is 40.9 Å². The van der Waals surface area contributed by atoms with Gasteiger partial charge in [-0.15, -0.1) is 0 Å². The Hall–Kier alpha value is -2.98. The minimum absolute atomic E-state index is 0.0829. The van der Waals surface area contributed by atoms with Crippen molar-refractivity contribution in [1.29, 1.82) is 0 Å². The molecule has 5 rings (SSSR count). The summed E-state index contributed by atoms with van der Waals surface area (Å²) >= 11 is 0. The third-order valence-electron chi connectivity index (χ3n) is 7.69. The average molecular weight is 513 g/mol. The summed E-state index contributed by atoms with van der Waals surface area (Å²) in [6, 6.07) is 7.40. The SMILES string of the molecule is COC(=O)Cn1ccc2c(C=CS(=O)(=O)N3CCC4(CC3)N=C(C3CCCCC3)NC4=O)cccc21. The lowest BCUT2D eigenvalue weighted by Gasteiger charge is -2.34. The van der Waals surface area contributed by atoms with Crippen molar-refractivity contribution in [1.82, 2.24) is 14.2 Å². The molecule has 1 amide bonds. The lowest BCUT2D eigenvalue weighted by Crippen LogP contribution is -2.50. The van der Waals surface area contributed by atoms with E-state index >= 15 is 0 Å². The highest BCUT2D eigenvalue weighted by molar-refractivity contribution is 7.92. The first-order chi connectivity index (χ1) is 17.3. The molecule has 1 aromatic carbocycles. The Labute approximate surface area is 211 Å². The average Bonchev–Trinajstić information content (AvgIpc) is 3.44. The van der Waals surface area contributed by atoms with Crippen LogP contribution >= 0.6 is 0 Å². The number of carbonyl (C=O) groups is 2. The Balaban J connectivity index is 1.28. The quantitative estimate of drug-likeness (QED) is 0.598. The second-order valence-corrected chi connectivity index (χ2v) is 11.7. The highest BCUT2D eigenvalue weighted by Gasteiger charge is 2.48. The summed E-state index contributed by atoms with van der Waals surface area (Å²) in [6.07, 6.45) is 9.81. The van der Waals surface area contributed by atoms with E-state index in [1.807, 2.05) is 24.3 Å². The molecule has 36 heavy (non-hydrogen) atoms. The number of benzene rings is 1. The van der Waals surface area contributed by atoms with E-state index in [2.05, 4.69) is 5.32 Å². The molecule has 192 valence electrons. The van der Waals surface area contributed by atoms with Gasteiger partial charge in [-0.05, 0) is 49.5 Å². The Morgan fingerprint density at radius 1 is 1.19 bits per heavy atom. The highest BCUT2D eigenvalue weighted by atomic mass is 32.2. The van der Waals surface area contributed by atoms with Gasteiger partial charge in [-0.2, -0.15) is 4.31 Å². The smallest absolute Gasteiger partial charge is 0.325 e. The van der Waals surface area contributed by atoms with Gasteiger partial charge in [-0.3, -0.25) is 14.6 Å². The van der Waals surface area contributed by atoms with Gasteiger partial charge in [0.05, 0.1) is 7.11 Å². The molecular weight excluding hydrogens is 480 g/mol. The molecule has 1 aromatic heterocycles. The lowest BCUT2D eigenvalue weighted by atomic mass is 9.88.